The third-order valence-electron chi connectivity index (χ3n) is 5.34. The Labute approximate surface area is 168 Å². The summed E-state index contributed by atoms with van der Waals surface area (Å²) in [5.74, 6) is 1.50. The van der Waals surface area contributed by atoms with E-state index in [9.17, 15) is 4.79 Å². The van der Waals surface area contributed by atoms with E-state index in [1.54, 1.807) is 12.4 Å². The van der Waals surface area contributed by atoms with Crippen molar-refractivity contribution in [3.05, 3.63) is 52.8 Å². The molecule has 1 aromatic heterocycles. The average Bonchev–Trinajstić information content (AvgIpc) is 3.50. The molecule has 1 saturated heterocycles. The van der Waals surface area contributed by atoms with Crippen molar-refractivity contribution < 1.29 is 4.79 Å². The van der Waals surface area contributed by atoms with E-state index >= 15 is 0 Å². The van der Waals surface area contributed by atoms with Crippen LogP contribution in [0.2, 0.25) is 0 Å². The van der Waals surface area contributed by atoms with Gasteiger partial charge in [0, 0.05) is 62.1 Å². The maximum absolute atomic E-state index is 12.4. The van der Waals surface area contributed by atoms with Crippen LogP contribution in [0.5, 0.6) is 0 Å². The fraction of sp³-hybridized carbons (Fsp3) is 0.450. The van der Waals surface area contributed by atoms with E-state index in [2.05, 4.69) is 53.1 Å². The van der Waals surface area contributed by atoms with Crippen molar-refractivity contribution in [1.29, 1.82) is 0 Å². The van der Waals surface area contributed by atoms with Gasteiger partial charge in [-0.25, -0.2) is 9.97 Å². The van der Waals surface area contributed by atoms with Crippen molar-refractivity contribution in [2.75, 3.05) is 44.2 Å². The zero-order valence-corrected chi connectivity index (χ0v) is 16.8. The first-order valence-corrected chi connectivity index (χ1v) is 10.3. The van der Waals surface area contributed by atoms with Gasteiger partial charge in [0.25, 0.3) is 0 Å². The molecule has 1 aliphatic heterocycles. The van der Waals surface area contributed by atoms with Gasteiger partial charge >= 0.3 is 0 Å². The number of hydrogen-bond donors (Lipinski definition) is 1. The highest BCUT2D eigenvalue weighted by molar-refractivity contribution is 9.10. The van der Waals surface area contributed by atoms with E-state index in [1.807, 2.05) is 18.2 Å². The number of carbonyl (C=O) groups is 1. The van der Waals surface area contributed by atoms with Crippen LogP contribution < -0.4 is 10.2 Å². The van der Waals surface area contributed by atoms with Gasteiger partial charge < -0.3 is 10.2 Å². The van der Waals surface area contributed by atoms with Crippen LogP contribution in [-0.2, 0) is 4.79 Å². The summed E-state index contributed by atoms with van der Waals surface area (Å²) in [5.41, 5.74) is 1.25. The predicted molar refractivity (Wildman–Crippen MR) is 109 cm³/mol. The highest BCUT2D eigenvalue weighted by Crippen LogP contribution is 2.47. The normalized spacial score (nSPS) is 22.5. The number of amides is 1. The Morgan fingerprint density at radius 2 is 1.93 bits per heavy atom. The Balaban J connectivity index is 1.16. The van der Waals surface area contributed by atoms with E-state index in [-0.39, 0.29) is 11.8 Å². The molecular formula is C20H24BrN5O. The second-order valence-corrected chi connectivity index (χ2v) is 8.09. The van der Waals surface area contributed by atoms with E-state index in [4.69, 9.17) is 0 Å². The topological polar surface area (TPSA) is 61.4 Å². The third-order valence-corrected chi connectivity index (χ3v) is 5.83. The molecule has 2 fully saturated rings. The summed E-state index contributed by atoms with van der Waals surface area (Å²) in [6, 6.07) is 10.1. The molecule has 0 radical (unpaired) electrons. The Hall–Kier alpha value is -1.99. The van der Waals surface area contributed by atoms with Gasteiger partial charge in [0.15, 0.2) is 0 Å². The lowest BCUT2D eigenvalue weighted by Crippen LogP contribution is -2.49. The largest absolute Gasteiger partial charge is 0.355 e. The minimum atomic E-state index is 0.131. The Kier molecular flexibility index (Phi) is 5.69. The summed E-state index contributed by atoms with van der Waals surface area (Å²) in [6.07, 6.45) is 4.52. The van der Waals surface area contributed by atoms with Gasteiger partial charge in [-0.2, -0.15) is 0 Å². The molecule has 2 atom stereocenters. The second-order valence-electron chi connectivity index (χ2n) is 7.17. The maximum atomic E-state index is 12.4. The highest BCUT2D eigenvalue weighted by atomic mass is 79.9. The second kappa shape index (κ2) is 8.35. The number of piperazine rings is 1. The number of hydrogen-bond acceptors (Lipinski definition) is 5. The summed E-state index contributed by atoms with van der Waals surface area (Å²) in [6.45, 7) is 5.39. The molecule has 142 valence electrons. The van der Waals surface area contributed by atoms with Crippen molar-refractivity contribution in [1.82, 2.24) is 20.2 Å². The third kappa shape index (κ3) is 4.65. The number of nitrogens with zero attached hydrogens (tertiary/aromatic N) is 4. The molecule has 1 aromatic carbocycles. The quantitative estimate of drug-likeness (QED) is 0.762. The first-order chi connectivity index (χ1) is 13.2. The highest BCUT2D eigenvalue weighted by Gasteiger charge is 2.43. The summed E-state index contributed by atoms with van der Waals surface area (Å²) in [5, 5.41) is 3.12. The predicted octanol–water partition coefficient (Wildman–Crippen LogP) is 2.28. The smallest absolute Gasteiger partial charge is 0.225 e. The van der Waals surface area contributed by atoms with Gasteiger partial charge in [0.05, 0.1) is 0 Å². The van der Waals surface area contributed by atoms with E-state index in [0.29, 0.717) is 12.5 Å². The molecule has 7 heteroatoms. The zero-order valence-electron chi connectivity index (χ0n) is 15.2. The first kappa shape index (κ1) is 18.4. The van der Waals surface area contributed by atoms with Gasteiger partial charge in [-0.3, -0.25) is 9.69 Å². The minimum absolute atomic E-state index is 0.131. The molecule has 1 aliphatic carbocycles. The lowest BCUT2D eigenvalue weighted by atomic mass is 10.1. The first-order valence-electron chi connectivity index (χ1n) is 9.48. The van der Waals surface area contributed by atoms with E-state index < -0.39 is 0 Å². The van der Waals surface area contributed by atoms with Crippen molar-refractivity contribution in [2.45, 2.75) is 12.3 Å². The van der Waals surface area contributed by atoms with Crippen molar-refractivity contribution in [3.8, 4) is 0 Å². The monoisotopic (exact) mass is 429 g/mol. The zero-order chi connectivity index (χ0) is 18.6. The summed E-state index contributed by atoms with van der Waals surface area (Å²) in [4.78, 5) is 25.6. The molecule has 1 amide bonds. The fourth-order valence-corrected chi connectivity index (χ4v) is 4.10. The van der Waals surface area contributed by atoms with Crippen LogP contribution in [-0.4, -0.2) is 60.0 Å². The molecule has 2 aromatic rings. The fourth-order valence-electron chi connectivity index (χ4n) is 3.68. The number of aromatic nitrogens is 2. The van der Waals surface area contributed by atoms with Crippen LogP contribution in [0.4, 0.5) is 5.95 Å². The molecule has 1 N–H and O–H groups in total. The van der Waals surface area contributed by atoms with Gasteiger partial charge in [0.2, 0.25) is 11.9 Å². The number of rotatable bonds is 6. The molecule has 2 aliphatic rings. The molecular weight excluding hydrogens is 406 g/mol. The SMILES string of the molecule is O=C(NCCN1CCN(c2ncccn2)CC1)C1CC1c1cccc(Br)c1. The molecule has 4 rings (SSSR count). The number of benzene rings is 1. The Morgan fingerprint density at radius 1 is 1.15 bits per heavy atom. The molecule has 2 heterocycles. The van der Waals surface area contributed by atoms with Crippen LogP contribution in [0, 0.1) is 5.92 Å². The molecule has 2 unspecified atom stereocenters. The van der Waals surface area contributed by atoms with Gasteiger partial charge in [0.1, 0.15) is 0 Å². The Morgan fingerprint density at radius 3 is 2.67 bits per heavy atom. The lowest BCUT2D eigenvalue weighted by molar-refractivity contribution is -0.122. The van der Waals surface area contributed by atoms with Crippen molar-refractivity contribution >= 4 is 27.8 Å². The number of halogens is 1. The van der Waals surface area contributed by atoms with Crippen LogP contribution in [0.1, 0.15) is 17.9 Å². The molecule has 0 spiro atoms. The molecule has 1 saturated carbocycles. The number of anilines is 1. The van der Waals surface area contributed by atoms with Crippen LogP contribution in [0.3, 0.4) is 0 Å². The summed E-state index contributed by atoms with van der Waals surface area (Å²) in [7, 11) is 0. The van der Waals surface area contributed by atoms with Gasteiger partial charge in [-0.15, -0.1) is 0 Å². The standard InChI is InChI=1S/C20H24BrN5O/c21-16-4-1-3-15(13-16)17-14-18(17)19(27)22-7-8-25-9-11-26(12-10-25)20-23-5-2-6-24-20/h1-6,13,17-18H,7-12,14H2,(H,22,27). The van der Waals surface area contributed by atoms with Gasteiger partial charge in [-0.1, -0.05) is 28.1 Å². The van der Waals surface area contributed by atoms with Crippen LogP contribution in [0.25, 0.3) is 0 Å². The summed E-state index contributed by atoms with van der Waals surface area (Å²) >= 11 is 3.50. The lowest BCUT2D eigenvalue weighted by Gasteiger charge is -2.34. The Bertz CT molecular complexity index is 779. The van der Waals surface area contributed by atoms with E-state index in [1.165, 1.54) is 5.56 Å². The maximum Gasteiger partial charge on any atom is 0.225 e. The summed E-state index contributed by atoms with van der Waals surface area (Å²) < 4.78 is 1.08. The molecule has 6 nitrogen and oxygen atoms in total. The van der Waals surface area contributed by atoms with Crippen LogP contribution >= 0.6 is 15.9 Å². The number of carbonyl (C=O) groups excluding carboxylic acids is 1. The average molecular weight is 430 g/mol. The number of nitrogens with one attached hydrogen (secondary N) is 1. The van der Waals surface area contributed by atoms with Crippen LogP contribution in [0.15, 0.2) is 47.2 Å². The van der Waals surface area contributed by atoms with E-state index in [0.717, 1.165) is 49.6 Å². The molecule has 0 bridgehead atoms. The van der Waals surface area contributed by atoms with Gasteiger partial charge in [-0.05, 0) is 36.1 Å². The molecule has 27 heavy (non-hydrogen) atoms. The van der Waals surface area contributed by atoms with Crippen molar-refractivity contribution in [2.24, 2.45) is 5.92 Å². The minimum Gasteiger partial charge on any atom is -0.355 e. The van der Waals surface area contributed by atoms with Crippen molar-refractivity contribution in [3.63, 3.8) is 0 Å².